The Morgan fingerprint density at radius 2 is 1.74 bits per heavy atom. The lowest BCUT2D eigenvalue weighted by atomic mass is 10.1. The van der Waals surface area contributed by atoms with Crippen LogP contribution < -0.4 is 10.1 Å². The number of anilines is 2. The standard InChI is InChI=1S/C21H20FN3O2/c1-13-4-9-18(10-14(13)2)24-21-23-15(3)11-20(25-21)27-12-19(26)16-5-7-17(22)8-6-16/h4-11H,12H2,1-3H3,(H,23,24,25). The van der Waals surface area contributed by atoms with Crippen molar-refractivity contribution in [3.8, 4) is 5.88 Å². The average molecular weight is 365 g/mol. The summed E-state index contributed by atoms with van der Waals surface area (Å²) in [6.45, 7) is 5.71. The summed E-state index contributed by atoms with van der Waals surface area (Å²) in [5.74, 6) is 0.0441. The highest BCUT2D eigenvalue weighted by Gasteiger charge is 2.10. The number of halogens is 1. The SMILES string of the molecule is Cc1cc(OCC(=O)c2ccc(F)cc2)nc(Nc2ccc(C)c(C)c2)n1. The Kier molecular flexibility index (Phi) is 5.45. The van der Waals surface area contributed by atoms with Gasteiger partial charge in [-0.05, 0) is 68.3 Å². The van der Waals surface area contributed by atoms with Gasteiger partial charge in [-0.2, -0.15) is 4.98 Å². The molecule has 138 valence electrons. The molecule has 0 bridgehead atoms. The van der Waals surface area contributed by atoms with E-state index >= 15 is 0 Å². The second kappa shape index (κ2) is 7.95. The van der Waals surface area contributed by atoms with Crippen molar-refractivity contribution in [2.75, 3.05) is 11.9 Å². The summed E-state index contributed by atoms with van der Waals surface area (Å²) >= 11 is 0. The molecule has 0 spiro atoms. The molecule has 0 atom stereocenters. The third kappa shape index (κ3) is 4.88. The fraction of sp³-hybridized carbons (Fsp3) is 0.190. The zero-order valence-electron chi connectivity index (χ0n) is 15.4. The van der Waals surface area contributed by atoms with E-state index in [1.807, 2.05) is 39.0 Å². The Balaban J connectivity index is 1.70. The summed E-state index contributed by atoms with van der Waals surface area (Å²) in [5, 5.41) is 3.15. The Morgan fingerprint density at radius 3 is 2.44 bits per heavy atom. The zero-order valence-corrected chi connectivity index (χ0v) is 15.4. The predicted molar refractivity (Wildman–Crippen MR) is 102 cm³/mol. The van der Waals surface area contributed by atoms with Crippen LogP contribution in [0.2, 0.25) is 0 Å². The second-order valence-corrected chi connectivity index (χ2v) is 6.31. The monoisotopic (exact) mass is 365 g/mol. The fourth-order valence-electron chi connectivity index (χ4n) is 2.48. The van der Waals surface area contributed by atoms with Crippen LogP contribution in [0, 0.1) is 26.6 Å². The van der Waals surface area contributed by atoms with E-state index in [-0.39, 0.29) is 18.2 Å². The molecule has 0 saturated heterocycles. The van der Waals surface area contributed by atoms with E-state index in [1.54, 1.807) is 6.07 Å². The van der Waals surface area contributed by atoms with Gasteiger partial charge >= 0.3 is 0 Å². The number of aromatic nitrogens is 2. The summed E-state index contributed by atoms with van der Waals surface area (Å²) in [5.41, 5.74) is 4.33. The number of ether oxygens (including phenoxy) is 1. The van der Waals surface area contributed by atoms with E-state index in [9.17, 15) is 9.18 Å². The van der Waals surface area contributed by atoms with Gasteiger partial charge in [0.15, 0.2) is 12.4 Å². The van der Waals surface area contributed by atoms with Crippen molar-refractivity contribution in [2.24, 2.45) is 0 Å². The first kappa shape index (κ1) is 18.5. The molecule has 2 aromatic carbocycles. The van der Waals surface area contributed by atoms with Crippen molar-refractivity contribution in [2.45, 2.75) is 20.8 Å². The third-order valence-electron chi connectivity index (χ3n) is 4.11. The number of carbonyl (C=O) groups is 1. The van der Waals surface area contributed by atoms with Crippen LogP contribution in [0.25, 0.3) is 0 Å². The molecule has 0 aliphatic heterocycles. The second-order valence-electron chi connectivity index (χ2n) is 6.31. The van der Waals surface area contributed by atoms with Gasteiger partial charge in [-0.1, -0.05) is 6.07 Å². The molecule has 0 aliphatic rings. The number of nitrogens with one attached hydrogen (secondary N) is 1. The Bertz CT molecular complexity index is 972. The highest BCUT2D eigenvalue weighted by atomic mass is 19.1. The molecule has 5 nitrogen and oxygen atoms in total. The third-order valence-corrected chi connectivity index (χ3v) is 4.11. The summed E-state index contributed by atoms with van der Waals surface area (Å²) in [7, 11) is 0. The van der Waals surface area contributed by atoms with Crippen LogP contribution in [-0.4, -0.2) is 22.4 Å². The molecule has 0 aliphatic carbocycles. The summed E-state index contributed by atoms with van der Waals surface area (Å²) in [4.78, 5) is 20.8. The van der Waals surface area contributed by atoms with E-state index in [0.29, 0.717) is 23.1 Å². The minimum Gasteiger partial charge on any atom is -0.469 e. The number of carbonyl (C=O) groups excluding carboxylic acids is 1. The van der Waals surface area contributed by atoms with Crippen LogP contribution in [0.15, 0.2) is 48.5 Å². The zero-order chi connectivity index (χ0) is 19.4. The van der Waals surface area contributed by atoms with Crippen LogP contribution in [0.3, 0.4) is 0 Å². The van der Waals surface area contributed by atoms with E-state index in [2.05, 4.69) is 15.3 Å². The lowest BCUT2D eigenvalue weighted by Crippen LogP contribution is -2.13. The molecule has 0 amide bonds. The van der Waals surface area contributed by atoms with Crippen LogP contribution in [-0.2, 0) is 0 Å². The van der Waals surface area contributed by atoms with Gasteiger partial charge in [0, 0.05) is 23.0 Å². The van der Waals surface area contributed by atoms with Gasteiger partial charge in [0.25, 0.3) is 0 Å². The van der Waals surface area contributed by atoms with Gasteiger partial charge in [-0.15, -0.1) is 0 Å². The largest absolute Gasteiger partial charge is 0.469 e. The highest BCUT2D eigenvalue weighted by molar-refractivity contribution is 5.97. The number of hydrogen-bond donors (Lipinski definition) is 1. The lowest BCUT2D eigenvalue weighted by Gasteiger charge is -2.10. The fourth-order valence-corrected chi connectivity index (χ4v) is 2.48. The number of nitrogens with zero attached hydrogens (tertiary/aromatic N) is 2. The van der Waals surface area contributed by atoms with E-state index in [4.69, 9.17) is 4.74 Å². The summed E-state index contributed by atoms with van der Waals surface area (Å²) in [6, 6.07) is 13.0. The average Bonchev–Trinajstić information content (AvgIpc) is 2.63. The number of aryl methyl sites for hydroxylation is 3. The minimum atomic E-state index is -0.388. The number of Topliss-reactive ketones (excluding diaryl/α,β-unsaturated/α-hetero) is 1. The van der Waals surface area contributed by atoms with Crippen LogP contribution in [0.1, 0.15) is 27.2 Å². The molecular formula is C21H20FN3O2. The quantitative estimate of drug-likeness (QED) is 0.650. The molecule has 0 fully saturated rings. The van der Waals surface area contributed by atoms with Crippen LogP contribution in [0.4, 0.5) is 16.0 Å². The number of hydrogen-bond acceptors (Lipinski definition) is 5. The molecule has 1 aromatic heterocycles. The first-order chi connectivity index (χ1) is 12.9. The number of ketones is 1. The van der Waals surface area contributed by atoms with Gasteiger partial charge in [-0.3, -0.25) is 4.79 Å². The summed E-state index contributed by atoms with van der Waals surface area (Å²) in [6.07, 6.45) is 0. The first-order valence-electron chi connectivity index (χ1n) is 8.52. The van der Waals surface area contributed by atoms with Gasteiger partial charge in [0.1, 0.15) is 5.82 Å². The molecule has 0 radical (unpaired) electrons. The van der Waals surface area contributed by atoms with E-state index in [1.165, 1.54) is 29.8 Å². The topological polar surface area (TPSA) is 64.1 Å². The van der Waals surface area contributed by atoms with E-state index in [0.717, 1.165) is 11.3 Å². The van der Waals surface area contributed by atoms with Gasteiger partial charge in [0.2, 0.25) is 11.8 Å². The van der Waals surface area contributed by atoms with Gasteiger partial charge in [-0.25, -0.2) is 9.37 Å². The highest BCUT2D eigenvalue weighted by Crippen LogP contribution is 2.19. The normalized spacial score (nSPS) is 10.5. The van der Waals surface area contributed by atoms with Crippen LogP contribution >= 0.6 is 0 Å². The molecule has 3 aromatic rings. The van der Waals surface area contributed by atoms with Gasteiger partial charge < -0.3 is 10.1 Å². The van der Waals surface area contributed by atoms with Crippen molar-refractivity contribution in [1.82, 2.24) is 9.97 Å². The van der Waals surface area contributed by atoms with Crippen LogP contribution in [0.5, 0.6) is 5.88 Å². The molecule has 0 unspecified atom stereocenters. The van der Waals surface area contributed by atoms with Crippen molar-refractivity contribution in [3.63, 3.8) is 0 Å². The Hall–Kier alpha value is -3.28. The van der Waals surface area contributed by atoms with Crippen molar-refractivity contribution in [3.05, 3.63) is 76.7 Å². The molecule has 27 heavy (non-hydrogen) atoms. The predicted octanol–water partition coefficient (Wildman–Crippen LogP) is 4.55. The molecule has 6 heteroatoms. The maximum absolute atomic E-state index is 12.9. The van der Waals surface area contributed by atoms with E-state index < -0.39 is 0 Å². The van der Waals surface area contributed by atoms with Crippen molar-refractivity contribution < 1.29 is 13.9 Å². The smallest absolute Gasteiger partial charge is 0.230 e. The molecular weight excluding hydrogens is 345 g/mol. The maximum atomic E-state index is 12.9. The Morgan fingerprint density at radius 1 is 1.00 bits per heavy atom. The lowest BCUT2D eigenvalue weighted by molar-refractivity contribution is 0.0918. The Labute approximate surface area is 157 Å². The van der Waals surface area contributed by atoms with Crippen molar-refractivity contribution >= 4 is 17.4 Å². The molecule has 0 saturated carbocycles. The maximum Gasteiger partial charge on any atom is 0.230 e. The number of benzene rings is 2. The molecule has 1 heterocycles. The van der Waals surface area contributed by atoms with Gasteiger partial charge in [0.05, 0.1) is 0 Å². The molecule has 1 N–H and O–H groups in total. The molecule has 3 rings (SSSR count). The van der Waals surface area contributed by atoms with Crippen molar-refractivity contribution in [1.29, 1.82) is 0 Å². The summed E-state index contributed by atoms with van der Waals surface area (Å²) < 4.78 is 18.5. The first-order valence-corrected chi connectivity index (χ1v) is 8.52. The number of rotatable bonds is 6. The minimum absolute atomic E-state index is 0.189.